The molecule has 0 aliphatic carbocycles. The number of amides is 2. The summed E-state index contributed by atoms with van der Waals surface area (Å²) in [6.45, 7) is 7.69. The van der Waals surface area contributed by atoms with Gasteiger partial charge in [0.25, 0.3) is 11.8 Å². The molecule has 9 nitrogen and oxygen atoms in total. The molecule has 9 heteroatoms. The second kappa shape index (κ2) is 12.7. The Kier molecular flexibility index (Phi) is 8.91. The molecule has 1 aromatic heterocycles. The molecule has 0 radical (unpaired) electrons. The number of aromatic nitrogens is 2. The van der Waals surface area contributed by atoms with E-state index in [4.69, 9.17) is 9.47 Å². The lowest BCUT2D eigenvalue weighted by atomic mass is 10.1. The van der Waals surface area contributed by atoms with E-state index in [-0.39, 0.29) is 18.4 Å². The molecule has 2 aliphatic heterocycles. The molecule has 1 fully saturated rings. The minimum Gasteiger partial charge on any atom is -0.381 e. The third-order valence-electron chi connectivity index (χ3n) is 7.90. The predicted molar refractivity (Wildman–Crippen MR) is 151 cm³/mol. The zero-order valence-corrected chi connectivity index (χ0v) is 23.1. The summed E-state index contributed by atoms with van der Waals surface area (Å²) in [5, 5.41) is 0. The van der Waals surface area contributed by atoms with Crippen LogP contribution in [0.2, 0.25) is 0 Å². The molecule has 208 valence electrons. The first kappa shape index (κ1) is 27.3. The average molecular weight is 534 g/mol. The van der Waals surface area contributed by atoms with E-state index in [2.05, 4.69) is 21.4 Å². The Morgan fingerprint density at radius 1 is 1.05 bits per heavy atom. The first-order valence-electron chi connectivity index (χ1n) is 14.0. The van der Waals surface area contributed by atoms with Crippen molar-refractivity contribution in [2.75, 3.05) is 58.0 Å². The molecule has 2 aliphatic rings. The van der Waals surface area contributed by atoms with Gasteiger partial charge in [-0.25, -0.2) is 4.98 Å². The van der Waals surface area contributed by atoms with E-state index in [9.17, 15) is 9.59 Å². The molecule has 5 rings (SSSR count). The van der Waals surface area contributed by atoms with Gasteiger partial charge >= 0.3 is 0 Å². The van der Waals surface area contributed by atoms with Gasteiger partial charge in [-0.05, 0) is 56.0 Å². The molecule has 0 bridgehead atoms. The van der Waals surface area contributed by atoms with Crippen molar-refractivity contribution in [1.29, 1.82) is 0 Å². The Morgan fingerprint density at radius 3 is 2.67 bits per heavy atom. The van der Waals surface area contributed by atoms with Crippen LogP contribution in [-0.4, -0.2) is 90.3 Å². The molecule has 0 saturated carbocycles. The van der Waals surface area contributed by atoms with Crippen LogP contribution in [0.4, 0.5) is 5.69 Å². The van der Waals surface area contributed by atoms with Crippen LogP contribution in [0.5, 0.6) is 0 Å². The van der Waals surface area contributed by atoms with E-state index in [1.807, 2.05) is 58.6 Å². The monoisotopic (exact) mass is 533 g/mol. The SMILES string of the molecule is CCn1cnc2cc(C(=O)N3CCN(C4CCOCC4)CCCN(C(=O)COC)c4ccccc4C3)ccc21. The number of rotatable bonds is 5. The van der Waals surface area contributed by atoms with Gasteiger partial charge in [-0.1, -0.05) is 18.2 Å². The number of para-hydroxylation sites is 1. The average Bonchev–Trinajstić information content (AvgIpc) is 3.37. The lowest BCUT2D eigenvalue weighted by Gasteiger charge is -2.35. The van der Waals surface area contributed by atoms with Crippen molar-refractivity contribution in [3.05, 3.63) is 59.9 Å². The number of ether oxygens (including phenoxy) is 2. The Balaban J connectivity index is 1.49. The maximum Gasteiger partial charge on any atom is 0.254 e. The Bertz CT molecular complexity index is 1290. The highest BCUT2D eigenvalue weighted by molar-refractivity contribution is 5.98. The van der Waals surface area contributed by atoms with E-state index in [0.29, 0.717) is 31.2 Å². The lowest BCUT2D eigenvalue weighted by molar-refractivity contribution is -0.122. The van der Waals surface area contributed by atoms with Gasteiger partial charge in [0.05, 0.1) is 17.4 Å². The number of carbonyl (C=O) groups excluding carboxylic acids is 2. The summed E-state index contributed by atoms with van der Waals surface area (Å²) in [5.41, 5.74) is 4.26. The van der Waals surface area contributed by atoms with Crippen molar-refractivity contribution in [3.8, 4) is 0 Å². The van der Waals surface area contributed by atoms with Gasteiger partial charge in [-0.15, -0.1) is 0 Å². The predicted octanol–water partition coefficient (Wildman–Crippen LogP) is 3.56. The zero-order valence-electron chi connectivity index (χ0n) is 23.1. The maximum absolute atomic E-state index is 14.0. The number of hydrogen-bond acceptors (Lipinski definition) is 6. The second-order valence-electron chi connectivity index (χ2n) is 10.3. The number of nitrogens with zero attached hydrogens (tertiary/aromatic N) is 5. The third kappa shape index (κ3) is 6.16. The summed E-state index contributed by atoms with van der Waals surface area (Å²) in [6.07, 6.45) is 4.63. The highest BCUT2D eigenvalue weighted by Crippen LogP contribution is 2.26. The number of imidazole rings is 1. The van der Waals surface area contributed by atoms with Gasteiger partial charge in [0.2, 0.25) is 0 Å². The first-order chi connectivity index (χ1) is 19.1. The van der Waals surface area contributed by atoms with E-state index >= 15 is 0 Å². The quantitative estimate of drug-likeness (QED) is 0.499. The second-order valence-corrected chi connectivity index (χ2v) is 10.3. The van der Waals surface area contributed by atoms with E-state index in [1.54, 1.807) is 7.11 Å². The fourth-order valence-corrected chi connectivity index (χ4v) is 5.79. The van der Waals surface area contributed by atoms with Crippen molar-refractivity contribution in [2.24, 2.45) is 0 Å². The van der Waals surface area contributed by atoms with E-state index in [0.717, 1.165) is 74.4 Å². The normalized spacial score (nSPS) is 18.1. The van der Waals surface area contributed by atoms with Crippen molar-refractivity contribution >= 4 is 28.5 Å². The highest BCUT2D eigenvalue weighted by atomic mass is 16.5. The molecule has 0 spiro atoms. The molecule has 0 unspecified atom stereocenters. The van der Waals surface area contributed by atoms with E-state index < -0.39 is 0 Å². The van der Waals surface area contributed by atoms with Gasteiger partial charge < -0.3 is 23.8 Å². The topological polar surface area (TPSA) is 80.1 Å². The Morgan fingerprint density at radius 2 is 1.87 bits per heavy atom. The molecule has 2 amide bonds. The van der Waals surface area contributed by atoms with Gasteiger partial charge in [0.15, 0.2) is 0 Å². The van der Waals surface area contributed by atoms with Crippen LogP contribution in [0, 0.1) is 0 Å². The number of fused-ring (bicyclic) bond motifs is 2. The number of carbonyl (C=O) groups is 2. The standard InChI is InChI=1S/C30H39N5O4/c1-3-32-22-31-26-19-23(9-10-28(26)32)30(37)34-16-15-33(25-11-17-39-18-12-25)13-6-14-35(29(36)21-38-2)27-8-5-4-7-24(27)20-34/h4-5,7-10,19,22,25H,3,6,11-18,20-21H2,1-2H3. The largest absolute Gasteiger partial charge is 0.381 e. The van der Waals surface area contributed by atoms with Gasteiger partial charge in [0, 0.05) is 76.9 Å². The smallest absolute Gasteiger partial charge is 0.254 e. The third-order valence-corrected chi connectivity index (χ3v) is 7.90. The van der Waals surface area contributed by atoms with Crippen LogP contribution in [0.25, 0.3) is 11.0 Å². The van der Waals surface area contributed by atoms with Crippen LogP contribution in [-0.2, 0) is 27.4 Å². The van der Waals surface area contributed by atoms with Gasteiger partial charge in [-0.3, -0.25) is 14.5 Å². The summed E-state index contributed by atoms with van der Waals surface area (Å²) in [5.74, 6) is -0.102. The Hall–Kier alpha value is -3.27. The summed E-state index contributed by atoms with van der Waals surface area (Å²) in [6, 6.07) is 14.1. The first-order valence-corrected chi connectivity index (χ1v) is 14.0. The van der Waals surface area contributed by atoms with E-state index in [1.165, 1.54) is 0 Å². The number of methoxy groups -OCH3 is 1. The molecule has 3 aromatic rings. The summed E-state index contributed by atoms with van der Waals surface area (Å²) < 4.78 is 12.9. The number of hydrogen-bond donors (Lipinski definition) is 0. The van der Waals surface area contributed by atoms with Crippen molar-refractivity contribution in [1.82, 2.24) is 19.4 Å². The summed E-state index contributed by atoms with van der Waals surface area (Å²) in [4.78, 5) is 38.0. The number of anilines is 1. The van der Waals surface area contributed by atoms with Crippen LogP contribution in [0.1, 0.15) is 42.1 Å². The van der Waals surface area contributed by atoms with Gasteiger partial charge in [-0.2, -0.15) is 0 Å². The molecule has 3 heterocycles. The fraction of sp³-hybridized carbons (Fsp3) is 0.500. The molecule has 0 N–H and O–H groups in total. The summed E-state index contributed by atoms with van der Waals surface area (Å²) in [7, 11) is 1.55. The number of aryl methyl sites for hydroxylation is 1. The molecule has 0 atom stereocenters. The van der Waals surface area contributed by atoms with Crippen LogP contribution in [0.15, 0.2) is 48.8 Å². The van der Waals surface area contributed by atoms with Crippen LogP contribution in [0.3, 0.4) is 0 Å². The molecular formula is C30H39N5O4. The molecule has 1 saturated heterocycles. The lowest BCUT2D eigenvalue weighted by Crippen LogP contribution is -2.45. The zero-order chi connectivity index (χ0) is 27.2. The molecule has 39 heavy (non-hydrogen) atoms. The minimum atomic E-state index is -0.0725. The van der Waals surface area contributed by atoms with Gasteiger partial charge in [0.1, 0.15) is 6.61 Å². The van der Waals surface area contributed by atoms with Crippen molar-refractivity contribution in [3.63, 3.8) is 0 Å². The van der Waals surface area contributed by atoms with Crippen molar-refractivity contribution < 1.29 is 19.1 Å². The van der Waals surface area contributed by atoms with Crippen molar-refractivity contribution in [2.45, 2.75) is 45.3 Å². The highest BCUT2D eigenvalue weighted by Gasteiger charge is 2.27. The minimum absolute atomic E-state index is 0.0189. The Labute approximate surface area is 230 Å². The maximum atomic E-state index is 14.0. The summed E-state index contributed by atoms with van der Waals surface area (Å²) >= 11 is 0. The molecular weight excluding hydrogens is 494 g/mol. The fourth-order valence-electron chi connectivity index (χ4n) is 5.79. The van der Waals surface area contributed by atoms with Crippen LogP contribution >= 0.6 is 0 Å². The number of benzene rings is 2. The van der Waals surface area contributed by atoms with Crippen LogP contribution < -0.4 is 4.90 Å². The molecule has 2 aromatic carbocycles.